The fraction of sp³-hybridized carbons (Fsp3) is 0.556. The third-order valence-electron chi connectivity index (χ3n) is 1.91. The molecule has 0 aliphatic rings. The molecular weight excluding hydrogens is 182 g/mol. The summed E-state index contributed by atoms with van der Waals surface area (Å²) in [6.45, 7) is 8.47. The minimum Gasteiger partial charge on any atom is -0.222 e. The van der Waals surface area contributed by atoms with Crippen LogP contribution in [0.2, 0.25) is 0 Å². The van der Waals surface area contributed by atoms with Gasteiger partial charge in [-0.25, -0.2) is 9.50 Å². The quantitative estimate of drug-likeness (QED) is 0.646. The summed E-state index contributed by atoms with van der Waals surface area (Å²) in [6, 6.07) is 0. The topological polar surface area (TPSA) is 30.2 Å². The highest BCUT2D eigenvalue weighted by molar-refractivity contribution is 7.16. The van der Waals surface area contributed by atoms with Crippen molar-refractivity contribution in [3.63, 3.8) is 0 Å². The van der Waals surface area contributed by atoms with E-state index in [1.165, 1.54) is 0 Å². The fourth-order valence-electron chi connectivity index (χ4n) is 1.16. The summed E-state index contributed by atoms with van der Waals surface area (Å²) in [5, 5.41) is 5.38. The number of hydrogen-bond acceptors (Lipinski definition) is 3. The van der Waals surface area contributed by atoms with Crippen molar-refractivity contribution < 1.29 is 0 Å². The average Bonchev–Trinajstić information content (AvgIpc) is 2.40. The summed E-state index contributed by atoms with van der Waals surface area (Å²) in [5.41, 5.74) is 1.22. The van der Waals surface area contributed by atoms with Gasteiger partial charge >= 0.3 is 0 Å². The van der Waals surface area contributed by atoms with Crippen LogP contribution in [-0.2, 0) is 5.41 Å². The average molecular weight is 195 g/mol. The van der Waals surface area contributed by atoms with Gasteiger partial charge in [0.1, 0.15) is 5.01 Å². The van der Waals surface area contributed by atoms with Crippen LogP contribution in [0.25, 0.3) is 4.96 Å². The molecule has 0 N–H and O–H groups in total. The molecule has 2 heterocycles. The summed E-state index contributed by atoms with van der Waals surface area (Å²) < 4.78 is 1.86. The second-order valence-corrected chi connectivity index (χ2v) is 5.38. The van der Waals surface area contributed by atoms with E-state index in [1.807, 2.05) is 17.6 Å². The highest BCUT2D eigenvalue weighted by Gasteiger charge is 2.18. The predicted molar refractivity (Wildman–Crippen MR) is 54.3 cm³/mol. The Morgan fingerprint density at radius 3 is 2.62 bits per heavy atom. The molecular formula is C9H13N3S. The minimum atomic E-state index is 0.112. The highest BCUT2D eigenvalue weighted by atomic mass is 32.1. The van der Waals surface area contributed by atoms with Crippen LogP contribution in [0.15, 0.2) is 6.20 Å². The van der Waals surface area contributed by atoms with Crippen molar-refractivity contribution in [2.45, 2.75) is 33.1 Å². The van der Waals surface area contributed by atoms with Crippen molar-refractivity contribution in [1.29, 1.82) is 0 Å². The number of imidazole rings is 1. The SMILES string of the molecule is Cc1nn2cc(C(C)(C)C)nc2s1. The van der Waals surface area contributed by atoms with Gasteiger partial charge in [-0.3, -0.25) is 0 Å². The Labute approximate surface area is 81.4 Å². The molecule has 13 heavy (non-hydrogen) atoms. The Morgan fingerprint density at radius 2 is 2.08 bits per heavy atom. The fourth-order valence-corrected chi connectivity index (χ4v) is 1.89. The molecule has 4 heteroatoms. The van der Waals surface area contributed by atoms with Crippen LogP contribution in [0.3, 0.4) is 0 Å². The molecule has 0 radical (unpaired) electrons. The van der Waals surface area contributed by atoms with E-state index >= 15 is 0 Å². The third-order valence-corrected chi connectivity index (χ3v) is 2.75. The van der Waals surface area contributed by atoms with Crippen molar-refractivity contribution >= 4 is 16.3 Å². The van der Waals surface area contributed by atoms with Crippen LogP contribution < -0.4 is 0 Å². The van der Waals surface area contributed by atoms with Gasteiger partial charge in [0.25, 0.3) is 0 Å². The Balaban J connectivity index is 2.57. The summed E-state index contributed by atoms with van der Waals surface area (Å²) in [6.07, 6.45) is 2.01. The Kier molecular flexibility index (Phi) is 1.70. The van der Waals surface area contributed by atoms with Crippen LogP contribution in [0, 0.1) is 6.92 Å². The first-order valence-corrected chi connectivity index (χ1v) is 5.12. The standard InChI is InChI=1S/C9H13N3S/c1-6-11-12-5-7(9(2,3)4)10-8(12)13-6/h5H,1-4H3. The van der Waals surface area contributed by atoms with Gasteiger partial charge in [0.2, 0.25) is 4.96 Å². The van der Waals surface area contributed by atoms with Gasteiger partial charge < -0.3 is 0 Å². The normalized spacial score (nSPS) is 12.6. The van der Waals surface area contributed by atoms with E-state index in [1.54, 1.807) is 11.3 Å². The molecule has 0 aromatic carbocycles. The van der Waals surface area contributed by atoms with Crippen LogP contribution >= 0.6 is 11.3 Å². The molecule has 0 fully saturated rings. The van der Waals surface area contributed by atoms with Crippen LogP contribution in [0.1, 0.15) is 31.5 Å². The molecule has 0 aliphatic carbocycles. The maximum atomic E-state index is 4.52. The van der Waals surface area contributed by atoms with Crippen LogP contribution in [0.4, 0.5) is 0 Å². The zero-order valence-corrected chi connectivity index (χ0v) is 9.14. The lowest BCUT2D eigenvalue weighted by Gasteiger charge is -2.13. The highest BCUT2D eigenvalue weighted by Crippen LogP contribution is 2.23. The Morgan fingerprint density at radius 1 is 1.38 bits per heavy atom. The van der Waals surface area contributed by atoms with E-state index in [0.717, 1.165) is 15.7 Å². The van der Waals surface area contributed by atoms with E-state index in [2.05, 4.69) is 30.9 Å². The number of nitrogens with zero attached hydrogens (tertiary/aromatic N) is 3. The maximum absolute atomic E-state index is 4.52. The molecule has 0 saturated heterocycles. The molecule has 2 aromatic heterocycles. The third kappa shape index (κ3) is 1.46. The van der Waals surface area contributed by atoms with Crippen molar-refractivity contribution in [3.8, 4) is 0 Å². The molecule has 0 spiro atoms. The number of hydrogen-bond donors (Lipinski definition) is 0. The van der Waals surface area contributed by atoms with E-state index in [0.29, 0.717) is 0 Å². The monoisotopic (exact) mass is 195 g/mol. The molecule has 0 bridgehead atoms. The largest absolute Gasteiger partial charge is 0.222 e. The lowest BCUT2D eigenvalue weighted by atomic mass is 9.93. The van der Waals surface area contributed by atoms with Crippen molar-refractivity contribution in [1.82, 2.24) is 14.6 Å². The maximum Gasteiger partial charge on any atom is 0.212 e. The van der Waals surface area contributed by atoms with Crippen molar-refractivity contribution in [3.05, 3.63) is 16.9 Å². The summed E-state index contributed by atoms with van der Waals surface area (Å²) >= 11 is 1.63. The van der Waals surface area contributed by atoms with Gasteiger partial charge in [-0.1, -0.05) is 32.1 Å². The number of aryl methyl sites for hydroxylation is 1. The van der Waals surface area contributed by atoms with E-state index in [9.17, 15) is 0 Å². The van der Waals surface area contributed by atoms with Crippen molar-refractivity contribution in [2.75, 3.05) is 0 Å². The van der Waals surface area contributed by atoms with Gasteiger partial charge in [0.15, 0.2) is 0 Å². The van der Waals surface area contributed by atoms with Gasteiger partial charge in [-0.2, -0.15) is 5.10 Å². The van der Waals surface area contributed by atoms with Gasteiger partial charge in [-0.05, 0) is 6.92 Å². The van der Waals surface area contributed by atoms with E-state index < -0.39 is 0 Å². The Hall–Kier alpha value is -0.900. The molecule has 2 aromatic rings. The molecule has 0 unspecified atom stereocenters. The first kappa shape index (κ1) is 8.69. The first-order valence-electron chi connectivity index (χ1n) is 4.30. The molecule has 0 aliphatic heterocycles. The first-order chi connectivity index (χ1) is 5.97. The zero-order chi connectivity index (χ0) is 9.64. The second kappa shape index (κ2) is 2.54. The molecule has 0 saturated carbocycles. The predicted octanol–water partition coefficient (Wildman–Crippen LogP) is 2.40. The lowest BCUT2D eigenvalue weighted by molar-refractivity contribution is 0.572. The zero-order valence-electron chi connectivity index (χ0n) is 8.33. The molecule has 2 rings (SSSR count). The number of fused-ring (bicyclic) bond motifs is 1. The molecule has 70 valence electrons. The van der Waals surface area contributed by atoms with Gasteiger partial charge in [-0.15, -0.1) is 0 Å². The summed E-state index contributed by atoms with van der Waals surface area (Å²) in [5.74, 6) is 0. The second-order valence-electron chi connectivity index (χ2n) is 4.22. The van der Waals surface area contributed by atoms with Crippen LogP contribution in [-0.4, -0.2) is 14.6 Å². The smallest absolute Gasteiger partial charge is 0.212 e. The summed E-state index contributed by atoms with van der Waals surface area (Å²) in [7, 11) is 0. The Bertz CT molecular complexity index is 402. The van der Waals surface area contributed by atoms with Crippen molar-refractivity contribution in [2.24, 2.45) is 0 Å². The van der Waals surface area contributed by atoms with E-state index in [-0.39, 0.29) is 5.41 Å². The molecule has 3 nitrogen and oxygen atoms in total. The van der Waals surface area contributed by atoms with Crippen LogP contribution in [0.5, 0.6) is 0 Å². The van der Waals surface area contributed by atoms with Gasteiger partial charge in [0, 0.05) is 5.41 Å². The van der Waals surface area contributed by atoms with E-state index in [4.69, 9.17) is 0 Å². The number of aromatic nitrogens is 3. The minimum absolute atomic E-state index is 0.112. The molecule has 0 atom stereocenters. The number of rotatable bonds is 0. The lowest BCUT2D eigenvalue weighted by Crippen LogP contribution is -2.11. The molecule has 0 amide bonds. The van der Waals surface area contributed by atoms with Gasteiger partial charge in [0.05, 0.1) is 11.9 Å². The summed E-state index contributed by atoms with van der Waals surface area (Å²) in [4.78, 5) is 5.51.